The van der Waals surface area contributed by atoms with Gasteiger partial charge in [0, 0.05) is 46.0 Å². The zero-order chi connectivity index (χ0) is 39.3. The lowest BCUT2D eigenvalue weighted by atomic mass is 9.97. The number of thioether (sulfide) groups is 2. The van der Waals surface area contributed by atoms with Crippen LogP contribution in [-0.4, -0.2) is 89.9 Å². The molecule has 54 heavy (non-hydrogen) atoms. The molecule has 1 amide bonds. The number of hydrogen-bond donors (Lipinski definition) is 8. The number of amides is 1. The largest absolute Gasteiger partial charge is 0.481 e. The van der Waals surface area contributed by atoms with Gasteiger partial charge in [0.25, 0.3) is 0 Å². The topological polar surface area (TPSA) is 210 Å². The van der Waals surface area contributed by atoms with Gasteiger partial charge in [0.05, 0.1) is 28.7 Å². The fraction of sp³-hybridized carbons (Fsp3) is 0.400. The number of carbonyl (C=O) groups is 4. The van der Waals surface area contributed by atoms with E-state index in [0.29, 0.717) is 35.2 Å². The van der Waals surface area contributed by atoms with E-state index in [1.807, 2.05) is 70.6 Å². The third kappa shape index (κ3) is 9.16. The molecule has 1 aliphatic heterocycles. The number of nitrogens with one attached hydrogen (secondary N) is 5. The van der Waals surface area contributed by atoms with Gasteiger partial charge < -0.3 is 41.2 Å². The van der Waals surface area contributed by atoms with Gasteiger partial charge in [-0.2, -0.15) is 23.5 Å². The second-order valence-electron chi connectivity index (χ2n) is 13.9. The predicted molar refractivity (Wildman–Crippen MR) is 217 cm³/mol. The van der Waals surface area contributed by atoms with Crippen molar-refractivity contribution in [2.24, 2.45) is 5.73 Å². The van der Waals surface area contributed by atoms with Crippen LogP contribution in [0.25, 0.3) is 23.8 Å². The highest BCUT2D eigenvalue weighted by atomic mass is 32.2. The average molecular weight is 775 g/mol. The summed E-state index contributed by atoms with van der Waals surface area (Å²) in [5, 5.41) is 25.0. The number of carboxylic acids is 2. The van der Waals surface area contributed by atoms with Crippen molar-refractivity contribution in [2.75, 3.05) is 24.0 Å². The van der Waals surface area contributed by atoms with Gasteiger partial charge in [-0.1, -0.05) is 0 Å². The maximum Gasteiger partial charge on any atom is 0.303 e. The second kappa shape index (κ2) is 17.7. The van der Waals surface area contributed by atoms with E-state index in [1.165, 1.54) is 0 Å². The Morgan fingerprint density at radius 2 is 1.39 bits per heavy atom. The molecule has 2 atom stereocenters. The minimum Gasteiger partial charge on any atom is -0.481 e. The predicted octanol–water partition coefficient (Wildman–Crippen LogP) is 2.15. The number of ketones is 1. The molecule has 0 unspecified atom stereocenters. The molecule has 12 nitrogen and oxygen atoms in total. The fourth-order valence-electron chi connectivity index (χ4n) is 6.95. The molecule has 0 fully saturated rings. The Morgan fingerprint density at radius 3 is 2.06 bits per heavy atom. The van der Waals surface area contributed by atoms with Crippen molar-refractivity contribution < 1.29 is 29.4 Å². The summed E-state index contributed by atoms with van der Waals surface area (Å²) in [7, 11) is 0. The minimum atomic E-state index is -0.910. The number of aromatic amines is 4. The maximum absolute atomic E-state index is 14.9. The number of carbonyl (C=O) groups excluding carboxylic acids is 2. The van der Waals surface area contributed by atoms with Crippen LogP contribution >= 0.6 is 23.5 Å². The Bertz CT molecular complexity index is 2330. The van der Waals surface area contributed by atoms with Crippen LogP contribution < -0.4 is 32.4 Å². The molecule has 0 aliphatic carbocycles. The first-order valence-corrected chi connectivity index (χ1v) is 20.8. The lowest BCUT2D eigenvalue weighted by Crippen LogP contribution is -2.49. The summed E-state index contributed by atoms with van der Waals surface area (Å²) in [6, 6.07) is 2.32. The number of hydrogen-bond acceptors (Lipinski definition) is 7. The Labute approximate surface area is 322 Å². The summed E-state index contributed by atoms with van der Waals surface area (Å²) in [4.78, 5) is 65.6. The molecule has 4 aromatic heterocycles. The molecule has 5 heterocycles. The molecule has 0 spiro atoms. The van der Waals surface area contributed by atoms with Crippen LogP contribution in [-0.2, 0) is 32.0 Å². The first kappa shape index (κ1) is 40.5. The number of aryl methyl sites for hydroxylation is 2. The Morgan fingerprint density at radius 1 is 0.741 bits per heavy atom. The summed E-state index contributed by atoms with van der Waals surface area (Å²) < 4.78 is 0. The second-order valence-corrected chi connectivity index (χ2v) is 15.8. The van der Waals surface area contributed by atoms with E-state index < -0.39 is 24.0 Å². The molecule has 0 radical (unpaired) electrons. The summed E-state index contributed by atoms with van der Waals surface area (Å²) >= 11 is 3.20. The number of fused-ring (bicyclic) bond motifs is 8. The lowest BCUT2D eigenvalue weighted by Gasteiger charge is -2.21. The SMILES string of the molecule is CSCC[C@H](NC(=O)[C@@H](N)CCSC)C(=O)C1=c2[nH]c(cc2C)=Cc2[nH]c(c(CCC(=O)O)c2C)C=c2[nH]c(c(C)c2CCC(=O)O)=Cc2[nH]c1cc2C. The number of aromatic nitrogens is 4. The van der Waals surface area contributed by atoms with Crippen LogP contribution in [0.4, 0.5) is 0 Å². The molecule has 0 saturated heterocycles. The van der Waals surface area contributed by atoms with Gasteiger partial charge in [0.15, 0.2) is 5.78 Å². The minimum absolute atomic E-state index is 0.0647. The van der Waals surface area contributed by atoms with Crippen molar-refractivity contribution >= 4 is 71.0 Å². The van der Waals surface area contributed by atoms with Crippen molar-refractivity contribution in [1.82, 2.24) is 25.3 Å². The number of nitrogens with two attached hydrogens (primary N) is 1. The van der Waals surface area contributed by atoms with Crippen LogP contribution in [0.15, 0.2) is 12.1 Å². The van der Waals surface area contributed by atoms with E-state index in [-0.39, 0.29) is 37.4 Å². The van der Waals surface area contributed by atoms with E-state index in [0.717, 1.165) is 72.3 Å². The van der Waals surface area contributed by atoms with Gasteiger partial charge in [0.2, 0.25) is 5.91 Å². The van der Waals surface area contributed by atoms with Crippen molar-refractivity contribution in [2.45, 2.75) is 78.3 Å². The number of rotatable bonds is 16. The molecule has 4 aromatic rings. The van der Waals surface area contributed by atoms with Crippen molar-refractivity contribution in [3.63, 3.8) is 0 Å². The summed E-state index contributed by atoms with van der Waals surface area (Å²) in [6.07, 6.45) is 11.1. The zero-order valence-corrected chi connectivity index (χ0v) is 33.3. The number of aliphatic carboxylic acids is 2. The normalized spacial score (nSPS) is 13.4. The highest BCUT2D eigenvalue weighted by molar-refractivity contribution is 7.98. The number of Topliss-reactive ketones (excluding diaryl/α,β-unsaturated/α-hetero) is 1. The molecular weight excluding hydrogens is 725 g/mol. The third-order valence-corrected chi connectivity index (χ3v) is 11.3. The van der Waals surface area contributed by atoms with Gasteiger partial charge in [-0.15, -0.1) is 0 Å². The molecule has 0 saturated carbocycles. The Kier molecular flexibility index (Phi) is 13.2. The lowest BCUT2D eigenvalue weighted by molar-refractivity contribution is -0.138. The van der Waals surface area contributed by atoms with Gasteiger partial charge >= 0.3 is 11.9 Å². The highest BCUT2D eigenvalue weighted by Crippen LogP contribution is 2.23. The molecular formula is C40H50N6O6S2. The van der Waals surface area contributed by atoms with Crippen LogP contribution in [0.1, 0.15) is 81.8 Å². The summed E-state index contributed by atoms with van der Waals surface area (Å²) in [5.41, 5.74) is 14.6. The van der Waals surface area contributed by atoms with Gasteiger partial charge in [0.1, 0.15) is 0 Å². The zero-order valence-electron chi connectivity index (χ0n) is 31.6. The van der Waals surface area contributed by atoms with Crippen LogP contribution in [0.5, 0.6) is 0 Å². The van der Waals surface area contributed by atoms with Crippen molar-refractivity contribution in [1.29, 1.82) is 0 Å². The standard InChI is InChI=1S/C40H50N6O6S2/c1-20-16-34-37(39(51)28(12-14-54-6)46-40(52)27(41)11-13-53-5)38-21(2)15-24(42-38)17-30-22(3)25(7-9-35(47)48)32(44-30)19-33-26(8-10-36(49)50)23(4)31(45-33)18-29(20)43-34/h15-19,27-28,42-45H,7-14,41H2,1-6H3,(H,46,52)(H,47,48)(H,49,50)/t27-,28-/m0/s1. The number of H-pyrrole nitrogens is 4. The monoisotopic (exact) mass is 774 g/mol. The molecule has 8 bridgehead atoms. The first-order chi connectivity index (χ1) is 25.7. The molecule has 14 heteroatoms. The quantitative estimate of drug-likeness (QED) is 0.0838. The van der Waals surface area contributed by atoms with E-state index in [2.05, 4.69) is 25.3 Å². The van der Waals surface area contributed by atoms with E-state index in [1.54, 1.807) is 23.5 Å². The van der Waals surface area contributed by atoms with Crippen molar-refractivity contribution in [3.05, 3.63) is 89.7 Å². The molecule has 5 rings (SSSR count). The van der Waals surface area contributed by atoms with E-state index in [4.69, 9.17) is 5.73 Å². The van der Waals surface area contributed by atoms with E-state index in [9.17, 15) is 29.4 Å². The fourth-order valence-corrected chi connectivity index (χ4v) is 7.91. The van der Waals surface area contributed by atoms with Crippen LogP contribution in [0.2, 0.25) is 0 Å². The molecule has 9 N–H and O–H groups in total. The van der Waals surface area contributed by atoms with Crippen LogP contribution in [0.3, 0.4) is 0 Å². The molecule has 288 valence electrons. The Hall–Kier alpha value is -4.66. The van der Waals surface area contributed by atoms with Gasteiger partial charge in [-0.3, -0.25) is 19.2 Å². The maximum atomic E-state index is 14.9. The van der Waals surface area contributed by atoms with Crippen molar-refractivity contribution in [3.8, 4) is 0 Å². The summed E-state index contributed by atoms with van der Waals surface area (Å²) in [6.45, 7) is 7.78. The Balaban J connectivity index is 1.80. The number of carboxylic acid groups (broad SMARTS) is 2. The third-order valence-electron chi connectivity index (χ3n) is 10.0. The first-order valence-electron chi connectivity index (χ1n) is 18.0. The smallest absolute Gasteiger partial charge is 0.303 e. The van der Waals surface area contributed by atoms with Gasteiger partial charge in [-0.25, -0.2) is 0 Å². The van der Waals surface area contributed by atoms with Gasteiger partial charge in [-0.05, 0) is 141 Å². The average Bonchev–Trinajstić information content (AvgIpc) is 3.83. The highest BCUT2D eigenvalue weighted by Gasteiger charge is 2.29. The van der Waals surface area contributed by atoms with Crippen LogP contribution in [0, 0.1) is 27.7 Å². The summed E-state index contributed by atoms with van der Waals surface area (Å²) in [5.74, 6) is -1.07. The molecule has 0 aromatic carbocycles. The van der Waals surface area contributed by atoms with E-state index >= 15 is 0 Å². The molecule has 1 aliphatic rings.